The van der Waals surface area contributed by atoms with Gasteiger partial charge in [-0.3, -0.25) is 0 Å². The molecule has 1 aromatic rings. The fourth-order valence-corrected chi connectivity index (χ4v) is 2.75. The van der Waals surface area contributed by atoms with Gasteiger partial charge in [-0.2, -0.15) is 0 Å². The van der Waals surface area contributed by atoms with E-state index in [1.807, 2.05) is 24.3 Å². The molecule has 0 aromatic heterocycles. The van der Waals surface area contributed by atoms with Gasteiger partial charge in [0, 0.05) is 18.8 Å². The third kappa shape index (κ3) is 1.55. The van der Waals surface area contributed by atoms with E-state index in [0.29, 0.717) is 18.8 Å². The second kappa shape index (κ2) is 3.37. The van der Waals surface area contributed by atoms with Crippen molar-refractivity contribution in [1.82, 2.24) is 4.31 Å². The molecule has 3 nitrogen and oxygen atoms in total. The lowest BCUT2D eigenvalue weighted by Gasteiger charge is -2.16. The van der Waals surface area contributed by atoms with Crippen molar-refractivity contribution in [3.05, 3.63) is 35.4 Å². The van der Waals surface area contributed by atoms with Crippen LogP contribution in [0.1, 0.15) is 18.1 Å². The first-order valence-corrected chi connectivity index (χ1v) is 6.40. The maximum atomic E-state index is 11.8. The van der Waals surface area contributed by atoms with Crippen molar-refractivity contribution < 1.29 is 4.21 Å². The van der Waals surface area contributed by atoms with Crippen LogP contribution in [0.3, 0.4) is 0 Å². The van der Waals surface area contributed by atoms with Crippen molar-refractivity contribution in [3.63, 3.8) is 0 Å². The SMILES string of the molecule is CCS(=N)(=O)N1Cc2ccccc2C1. The maximum Gasteiger partial charge on any atom is 0.108 e. The Hall–Kier alpha value is -0.870. The zero-order valence-electron chi connectivity index (χ0n) is 8.19. The molecule has 0 saturated heterocycles. The van der Waals surface area contributed by atoms with Crippen molar-refractivity contribution >= 4 is 9.92 Å². The third-order valence-corrected chi connectivity index (χ3v) is 4.50. The van der Waals surface area contributed by atoms with E-state index < -0.39 is 9.92 Å². The molecule has 0 bridgehead atoms. The predicted molar refractivity (Wildman–Crippen MR) is 57.1 cm³/mol. The first kappa shape index (κ1) is 9.68. The summed E-state index contributed by atoms with van der Waals surface area (Å²) < 4.78 is 21.3. The summed E-state index contributed by atoms with van der Waals surface area (Å²) in [6.45, 7) is 3.12. The summed E-state index contributed by atoms with van der Waals surface area (Å²) in [5, 5.41) is 0. The molecule has 0 saturated carbocycles. The Balaban J connectivity index is 2.28. The normalized spacial score (nSPS) is 20.4. The molecule has 1 atom stereocenters. The predicted octanol–water partition coefficient (Wildman–Crippen LogP) is 1.98. The van der Waals surface area contributed by atoms with Crippen molar-refractivity contribution in [1.29, 1.82) is 4.78 Å². The van der Waals surface area contributed by atoms with Crippen LogP contribution in [0, 0.1) is 4.78 Å². The second-order valence-corrected chi connectivity index (χ2v) is 5.87. The van der Waals surface area contributed by atoms with Gasteiger partial charge in [-0.1, -0.05) is 31.2 Å². The van der Waals surface area contributed by atoms with Crippen LogP contribution in [0.25, 0.3) is 0 Å². The Morgan fingerprint density at radius 1 is 1.36 bits per heavy atom. The summed E-state index contributed by atoms with van der Waals surface area (Å²) in [7, 11) is -2.53. The van der Waals surface area contributed by atoms with Gasteiger partial charge in [0.05, 0.1) is 0 Å². The fourth-order valence-electron chi connectivity index (χ4n) is 1.69. The fraction of sp³-hybridized carbons (Fsp3) is 0.400. The highest BCUT2D eigenvalue weighted by atomic mass is 32.2. The lowest BCUT2D eigenvalue weighted by atomic mass is 10.1. The molecule has 0 fully saturated rings. The van der Waals surface area contributed by atoms with Crippen LogP contribution in [0.2, 0.25) is 0 Å². The highest BCUT2D eigenvalue weighted by molar-refractivity contribution is 7.90. The average molecular weight is 210 g/mol. The topological polar surface area (TPSA) is 44.2 Å². The van der Waals surface area contributed by atoms with E-state index in [-0.39, 0.29) is 0 Å². The number of rotatable bonds is 2. The van der Waals surface area contributed by atoms with E-state index in [9.17, 15) is 4.21 Å². The highest BCUT2D eigenvalue weighted by Crippen LogP contribution is 2.24. The molecular weight excluding hydrogens is 196 g/mol. The minimum Gasteiger partial charge on any atom is -0.240 e. The van der Waals surface area contributed by atoms with Crippen LogP contribution in [0.5, 0.6) is 0 Å². The lowest BCUT2D eigenvalue weighted by molar-refractivity contribution is 0.465. The van der Waals surface area contributed by atoms with Gasteiger partial charge < -0.3 is 0 Å². The zero-order chi connectivity index (χ0) is 10.2. The first-order valence-electron chi connectivity index (χ1n) is 4.72. The Morgan fingerprint density at radius 2 is 1.86 bits per heavy atom. The number of nitrogens with zero attached hydrogens (tertiary/aromatic N) is 1. The first-order chi connectivity index (χ1) is 6.63. The number of hydrogen-bond acceptors (Lipinski definition) is 2. The minimum absolute atomic E-state index is 0.404. The van der Waals surface area contributed by atoms with Crippen LogP contribution >= 0.6 is 0 Å². The number of nitrogens with one attached hydrogen (secondary N) is 1. The standard InChI is InChI=1S/C10H14N2OS/c1-2-14(11,13)12-7-9-5-3-4-6-10(9)8-12/h3-6,11H,2,7-8H2,1H3. The molecular formula is C10H14N2OS. The molecule has 0 radical (unpaired) electrons. The van der Waals surface area contributed by atoms with Gasteiger partial charge in [0.15, 0.2) is 0 Å². The zero-order valence-corrected chi connectivity index (χ0v) is 9.01. The monoisotopic (exact) mass is 210 g/mol. The summed E-state index contributed by atoms with van der Waals surface area (Å²) in [5.74, 6) is 0.404. The van der Waals surface area contributed by atoms with E-state index in [4.69, 9.17) is 4.78 Å². The molecule has 0 aliphatic carbocycles. The van der Waals surface area contributed by atoms with Gasteiger partial charge in [0.2, 0.25) is 0 Å². The Bertz CT molecular complexity index is 414. The average Bonchev–Trinajstić information content (AvgIpc) is 2.61. The molecule has 0 spiro atoms. The molecule has 1 aromatic carbocycles. The third-order valence-electron chi connectivity index (χ3n) is 2.62. The largest absolute Gasteiger partial charge is 0.240 e. The molecule has 1 heterocycles. The van der Waals surface area contributed by atoms with E-state index in [0.717, 1.165) is 0 Å². The molecule has 76 valence electrons. The molecule has 14 heavy (non-hydrogen) atoms. The Kier molecular flexibility index (Phi) is 2.33. The summed E-state index contributed by atoms with van der Waals surface area (Å²) in [5.41, 5.74) is 2.42. The summed E-state index contributed by atoms with van der Waals surface area (Å²) in [4.78, 5) is 0. The van der Waals surface area contributed by atoms with Gasteiger partial charge in [-0.15, -0.1) is 0 Å². The van der Waals surface area contributed by atoms with E-state index >= 15 is 0 Å². The van der Waals surface area contributed by atoms with Crippen molar-refractivity contribution in [3.8, 4) is 0 Å². The molecule has 2 rings (SSSR count). The van der Waals surface area contributed by atoms with Crippen LogP contribution in [0.4, 0.5) is 0 Å². The van der Waals surface area contributed by atoms with E-state index in [1.54, 1.807) is 11.2 Å². The molecule has 1 aliphatic rings. The number of hydrogen-bond donors (Lipinski definition) is 1. The molecule has 1 unspecified atom stereocenters. The smallest absolute Gasteiger partial charge is 0.108 e. The molecule has 4 heteroatoms. The lowest BCUT2D eigenvalue weighted by Crippen LogP contribution is -2.25. The quantitative estimate of drug-likeness (QED) is 0.797. The van der Waals surface area contributed by atoms with Gasteiger partial charge in [-0.05, 0) is 11.1 Å². The Labute approximate surface area is 84.8 Å². The van der Waals surface area contributed by atoms with Crippen molar-refractivity contribution in [2.24, 2.45) is 0 Å². The molecule has 1 N–H and O–H groups in total. The number of fused-ring (bicyclic) bond motifs is 1. The van der Waals surface area contributed by atoms with Crippen LogP contribution in [-0.4, -0.2) is 14.3 Å². The van der Waals surface area contributed by atoms with Crippen molar-refractivity contribution in [2.45, 2.75) is 20.0 Å². The highest BCUT2D eigenvalue weighted by Gasteiger charge is 2.24. The van der Waals surface area contributed by atoms with Gasteiger partial charge >= 0.3 is 0 Å². The summed E-state index contributed by atoms with van der Waals surface area (Å²) in [6, 6.07) is 8.06. The summed E-state index contributed by atoms with van der Waals surface area (Å²) in [6.07, 6.45) is 0. The maximum absolute atomic E-state index is 11.8. The van der Waals surface area contributed by atoms with Crippen LogP contribution in [0.15, 0.2) is 24.3 Å². The second-order valence-electron chi connectivity index (χ2n) is 3.50. The van der Waals surface area contributed by atoms with Crippen LogP contribution < -0.4 is 0 Å². The van der Waals surface area contributed by atoms with Gasteiger partial charge in [0.1, 0.15) is 9.92 Å². The van der Waals surface area contributed by atoms with E-state index in [1.165, 1.54) is 11.1 Å². The molecule has 0 amide bonds. The summed E-state index contributed by atoms with van der Waals surface area (Å²) >= 11 is 0. The van der Waals surface area contributed by atoms with Gasteiger partial charge in [-0.25, -0.2) is 13.3 Å². The molecule has 1 aliphatic heterocycles. The minimum atomic E-state index is -2.53. The Morgan fingerprint density at radius 3 is 2.29 bits per heavy atom. The van der Waals surface area contributed by atoms with Crippen LogP contribution in [-0.2, 0) is 23.0 Å². The van der Waals surface area contributed by atoms with Crippen molar-refractivity contribution in [2.75, 3.05) is 5.75 Å². The van der Waals surface area contributed by atoms with Gasteiger partial charge in [0.25, 0.3) is 0 Å². The number of benzene rings is 1. The van der Waals surface area contributed by atoms with E-state index in [2.05, 4.69) is 0 Å².